The molecular weight excluding hydrogens is 338 g/mol. The van der Waals surface area contributed by atoms with Gasteiger partial charge in [0.1, 0.15) is 0 Å². The van der Waals surface area contributed by atoms with Crippen molar-refractivity contribution in [1.29, 1.82) is 5.41 Å². The largest absolute Gasteiger partial charge is 0.368 e. The first-order chi connectivity index (χ1) is 10.5. The number of nitrogens with zero attached hydrogens (tertiary/aromatic N) is 2. The Balaban J connectivity index is 0.00000264. The number of hydrogen-bond donors (Lipinski definition) is 3. The van der Waals surface area contributed by atoms with Gasteiger partial charge in [0.25, 0.3) is 10.0 Å². The molecule has 1 heterocycles. The zero-order valence-electron chi connectivity index (χ0n) is 13.2. The Bertz CT molecular complexity index is 668. The van der Waals surface area contributed by atoms with Crippen molar-refractivity contribution in [3.63, 3.8) is 0 Å². The molecule has 1 aromatic rings. The third-order valence-electron chi connectivity index (χ3n) is 3.67. The van der Waals surface area contributed by atoms with Crippen LogP contribution in [0.25, 0.3) is 0 Å². The first-order valence-electron chi connectivity index (χ1n) is 7.57. The van der Waals surface area contributed by atoms with Gasteiger partial charge in [0.05, 0.1) is 11.5 Å². The first kappa shape index (κ1) is 19.5. The van der Waals surface area contributed by atoms with Crippen LogP contribution in [0.2, 0.25) is 0 Å². The van der Waals surface area contributed by atoms with Crippen LogP contribution in [0.4, 0.5) is 0 Å². The molecule has 23 heavy (non-hydrogen) atoms. The maximum atomic E-state index is 12.4. The molecule has 9 heteroatoms. The number of unbranched alkanes of at least 4 members (excludes halogenated alkanes) is 2. The predicted octanol–water partition coefficient (Wildman–Crippen LogP) is 2.19. The Morgan fingerprint density at radius 2 is 2.17 bits per heavy atom. The standard InChI is InChI=1S/C14H23N5O2S.ClH/c1-2-3-4-10-22(20,21)19(14(15)16)18-13-7-5-6-12-11(13)8-9-17-12;/h8-9,17H,2-7,10H2,1H3,(H3,15,16);1H. The molecule has 1 aliphatic rings. The van der Waals surface area contributed by atoms with E-state index in [1.165, 1.54) is 0 Å². The van der Waals surface area contributed by atoms with Crippen molar-refractivity contribution < 1.29 is 8.42 Å². The fourth-order valence-corrected chi connectivity index (χ4v) is 3.81. The van der Waals surface area contributed by atoms with E-state index in [2.05, 4.69) is 10.1 Å². The Kier molecular flexibility index (Phi) is 7.08. The number of hydrazone groups is 1. The highest BCUT2D eigenvalue weighted by atomic mass is 35.5. The van der Waals surface area contributed by atoms with E-state index in [-0.39, 0.29) is 18.2 Å². The summed E-state index contributed by atoms with van der Waals surface area (Å²) in [7, 11) is -3.69. The second kappa shape index (κ2) is 8.35. The molecule has 7 nitrogen and oxygen atoms in total. The summed E-state index contributed by atoms with van der Waals surface area (Å²) in [5, 5.41) is 11.8. The third kappa shape index (κ3) is 4.71. The minimum absolute atomic E-state index is 0. The lowest BCUT2D eigenvalue weighted by molar-refractivity contribution is 0.525. The molecular formula is C14H24ClN5O2S. The first-order valence-corrected chi connectivity index (χ1v) is 9.17. The second-order valence-corrected chi connectivity index (χ2v) is 7.34. The van der Waals surface area contributed by atoms with Gasteiger partial charge in [-0.05, 0) is 31.7 Å². The van der Waals surface area contributed by atoms with Crippen LogP contribution < -0.4 is 5.73 Å². The number of sulfonamides is 1. The number of aryl methyl sites for hydroxylation is 1. The molecule has 0 unspecified atom stereocenters. The number of nitrogens with two attached hydrogens (primary N) is 1. The van der Waals surface area contributed by atoms with E-state index < -0.39 is 16.0 Å². The monoisotopic (exact) mass is 361 g/mol. The zero-order valence-corrected chi connectivity index (χ0v) is 14.8. The normalized spacial score (nSPS) is 15.8. The average Bonchev–Trinajstić information content (AvgIpc) is 2.93. The highest BCUT2D eigenvalue weighted by Gasteiger charge is 2.25. The van der Waals surface area contributed by atoms with Crippen LogP contribution in [-0.2, 0) is 16.4 Å². The SMILES string of the molecule is CCCCCS(=O)(=O)N(N=C1CCCc2[nH]ccc21)C(=N)N.Cl. The molecule has 0 saturated heterocycles. The van der Waals surface area contributed by atoms with Gasteiger partial charge in [0.15, 0.2) is 0 Å². The van der Waals surface area contributed by atoms with Gasteiger partial charge in [-0.3, -0.25) is 5.41 Å². The number of aromatic amines is 1. The number of H-pyrrole nitrogens is 1. The molecule has 4 N–H and O–H groups in total. The maximum Gasteiger partial charge on any atom is 0.256 e. The van der Waals surface area contributed by atoms with E-state index in [0.717, 1.165) is 36.9 Å². The van der Waals surface area contributed by atoms with Crippen molar-refractivity contribution in [3.8, 4) is 0 Å². The van der Waals surface area contributed by atoms with Crippen molar-refractivity contribution in [1.82, 2.24) is 9.40 Å². The van der Waals surface area contributed by atoms with Crippen molar-refractivity contribution in [3.05, 3.63) is 23.5 Å². The summed E-state index contributed by atoms with van der Waals surface area (Å²) < 4.78 is 25.4. The highest BCUT2D eigenvalue weighted by molar-refractivity contribution is 7.89. The number of halogens is 1. The van der Waals surface area contributed by atoms with Crippen LogP contribution in [0.15, 0.2) is 17.4 Å². The molecule has 0 amide bonds. The molecule has 2 rings (SSSR count). The van der Waals surface area contributed by atoms with Crippen LogP contribution >= 0.6 is 12.4 Å². The molecule has 0 saturated carbocycles. The maximum absolute atomic E-state index is 12.4. The minimum atomic E-state index is -3.69. The number of nitrogens with one attached hydrogen (secondary N) is 2. The van der Waals surface area contributed by atoms with E-state index in [0.29, 0.717) is 23.0 Å². The van der Waals surface area contributed by atoms with Crippen molar-refractivity contribution in [2.45, 2.75) is 45.4 Å². The lowest BCUT2D eigenvalue weighted by atomic mass is 9.96. The molecule has 0 radical (unpaired) electrons. The van der Waals surface area contributed by atoms with E-state index in [1.807, 2.05) is 19.2 Å². The van der Waals surface area contributed by atoms with E-state index >= 15 is 0 Å². The Hall–Kier alpha value is -1.54. The molecule has 0 aliphatic heterocycles. The van der Waals surface area contributed by atoms with Gasteiger partial charge < -0.3 is 10.7 Å². The summed E-state index contributed by atoms with van der Waals surface area (Å²) in [4.78, 5) is 3.14. The Labute approximate surface area is 143 Å². The van der Waals surface area contributed by atoms with Gasteiger partial charge in [-0.2, -0.15) is 5.10 Å². The predicted molar refractivity (Wildman–Crippen MR) is 94.6 cm³/mol. The van der Waals surface area contributed by atoms with Gasteiger partial charge in [-0.25, -0.2) is 8.42 Å². The zero-order chi connectivity index (χ0) is 16.2. The van der Waals surface area contributed by atoms with E-state index in [1.54, 1.807) is 0 Å². The van der Waals surface area contributed by atoms with Gasteiger partial charge in [-0.15, -0.1) is 16.8 Å². The summed E-state index contributed by atoms with van der Waals surface area (Å²) in [6, 6.07) is 1.88. The van der Waals surface area contributed by atoms with Gasteiger partial charge in [0, 0.05) is 17.5 Å². The fraction of sp³-hybridized carbons (Fsp3) is 0.571. The second-order valence-electron chi connectivity index (χ2n) is 5.42. The lowest BCUT2D eigenvalue weighted by Gasteiger charge is -2.20. The number of hydrogen-bond acceptors (Lipinski definition) is 4. The summed E-state index contributed by atoms with van der Waals surface area (Å²) in [6.45, 7) is 2.01. The number of guanidine groups is 1. The van der Waals surface area contributed by atoms with E-state index in [9.17, 15) is 8.42 Å². The molecule has 0 bridgehead atoms. The number of fused-ring (bicyclic) bond motifs is 1. The van der Waals surface area contributed by atoms with Crippen molar-refractivity contribution in [2.24, 2.45) is 10.8 Å². The summed E-state index contributed by atoms with van der Waals surface area (Å²) >= 11 is 0. The molecule has 0 atom stereocenters. The summed E-state index contributed by atoms with van der Waals surface area (Å²) in [5.41, 5.74) is 8.09. The Morgan fingerprint density at radius 3 is 2.83 bits per heavy atom. The number of rotatable bonds is 6. The van der Waals surface area contributed by atoms with Gasteiger partial charge in [-0.1, -0.05) is 19.8 Å². The fourth-order valence-electron chi connectivity index (χ4n) is 2.55. The quantitative estimate of drug-likeness (QED) is 0.312. The minimum Gasteiger partial charge on any atom is -0.368 e. The topological polar surface area (TPSA) is 115 Å². The smallest absolute Gasteiger partial charge is 0.256 e. The number of aromatic nitrogens is 1. The molecule has 1 aliphatic carbocycles. The van der Waals surface area contributed by atoms with Gasteiger partial charge >= 0.3 is 0 Å². The molecule has 0 aromatic carbocycles. The van der Waals surface area contributed by atoms with Gasteiger partial charge in [0.2, 0.25) is 5.96 Å². The molecule has 130 valence electrons. The highest BCUT2D eigenvalue weighted by Crippen LogP contribution is 2.21. The van der Waals surface area contributed by atoms with E-state index in [4.69, 9.17) is 11.1 Å². The summed E-state index contributed by atoms with van der Waals surface area (Å²) in [5.74, 6) is -0.608. The van der Waals surface area contributed by atoms with Crippen LogP contribution in [0.5, 0.6) is 0 Å². The van der Waals surface area contributed by atoms with Crippen molar-refractivity contribution >= 4 is 34.1 Å². The lowest BCUT2D eigenvalue weighted by Crippen LogP contribution is -2.39. The van der Waals surface area contributed by atoms with Crippen LogP contribution in [0.3, 0.4) is 0 Å². The van der Waals surface area contributed by atoms with Crippen LogP contribution in [0, 0.1) is 5.41 Å². The molecule has 0 spiro atoms. The average molecular weight is 362 g/mol. The molecule has 1 aromatic heterocycles. The van der Waals surface area contributed by atoms with Crippen LogP contribution in [-0.4, -0.2) is 35.2 Å². The van der Waals surface area contributed by atoms with Crippen molar-refractivity contribution in [2.75, 3.05) is 5.75 Å². The summed E-state index contributed by atoms with van der Waals surface area (Å²) in [6.07, 6.45) is 6.61. The Morgan fingerprint density at radius 1 is 1.43 bits per heavy atom. The van der Waals surface area contributed by atoms with Crippen LogP contribution in [0.1, 0.15) is 50.3 Å². The molecule has 0 fully saturated rings. The third-order valence-corrected chi connectivity index (χ3v) is 5.28.